The van der Waals surface area contributed by atoms with Gasteiger partial charge in [0.1, 0.15) is 5.75 Å². The molecular weight excluding hydrogens is 471 g/mol. The minimum absolute atomic E-state index is 0.263. The largest absolute Gasteiger partial charge is 0.478 e. The summed E-state index contributed by atoms with van der Waals surface area (Å²) >= 11 is 0. The van der Waals surface area contributed by atoms with Gasteiger partial charge in [0.15, 0.2) is 5.60 Å². The van der Waals surface area contributed by atoms with E-state index in [0.717, 1.165) is 23.3 Å². The van der Waals surface area contributed by atoms with E-state index in [0.29, 0.717) is 41.8 Å². The number of amides is 1. The topological polar surface area (TPSA) is 75.6 Å². The SMILES string of the molecule is Cc1cc(CCCNC(=O)c2ccc(-c3cccc(C(F)(F)F)c3)cc2)ccc1OC(C)(C)C(=O)O. The van der Waals surface area contributed by atoms with Crippen molar-refractivity contribution in [1.82, 2.24) is 5.32 Å². The van der Waals surface area contributed by atoms with E-state index in [1.54, 1.807) is 36.4 Å². The molecule has 0 saturated carbocycles. The van der Waals surface area contributed by atoms with Gasteiger partial charge in [-0.1, -0.05) is 36.4 Å². The molecule has 8 heteroatoms. The van der Waals surface area contributed by atoms with Gasteiger partial charge in [-0.25, -0.2) is 4.79 Å². The number of hydrogen-bond donors (Lipinski definition) is 2. The highest BCUT2D eigenvalue weighted by molar-refractivity contribution is 5.94. The first-order valence-corrected chi connectivity index (χ1v) is 11.4. The van der Waals surface area contributed by atoms with Crippen LogP contribution < -0.4 is 10.1 Å². The molecule has 0 heterocycles. The molecule has 190 valence electrons. The molecule has 36 heavy (non-hydrogen) atoms. The van der Waals surface area contributed by atoms with Crippen LogP contribution in [0.3, 0.4) is 0 Å². The van der Waals surface area contributed by atoms with Crippen molar-refractivity contribution in [2.24, 2.45) is 0 Å². The van der Waals surface area contributed by atoms with E-state index < -0.39 is 23.3 Å². The lowest BCUT2D eigenvalue weighted by Gasteiger charge is -2.23. The van der Waals surface area contributed by atoms with Gasteiger partial charge in [-0.2, -0.15) is 13.2 Å². The maximum absolute atomic E-state index is 13.0. The molecule has 2 N–H and O–H groups in total. The van der Waals surface area contributed by atoms with Gasteiger partial charge in [0.25, 0.3) is 5.91 Å². The number of carbonyl (C=O) groups excluding carboxylic acids is 1. The number of rotatable bonds is 9. The maximum Gasteiger partial charge on any atom is 0.416 e. The zero-order valence-electron chi connectivity index (χ0n) is 20.3. The zero-order chi connectivity index (χ0) is 26.5. The van der Waals surface area contributed by atoms with Crippen LogP contribution >= 0.6 is 0 Å². The summed E-state index contributed by atoms with van der Waals surface area (Å²) in [6, 6.07) is 17.0. The molecule has 3 aromatic rings. The molecule has 0 fully saturated rings. The number of ether oxygens (including phenoxy) is 1. The molecular formula is C28H28F3NO4. The van der Waals surface area contributed by atoms with Crippen molar-refractivity contribution in [3.8, 4) is 16.9 Å². The smallest absolute Gasteiger partial charge is 0.416 e. The first-order valence-electron chi connectivity index (χ1n) is 11.4. The molecule has 0 aliphatic heterocycles. The summed E-state index contributed by atoms with van der Waals surface area (Å²) < 4.78 is 44.5. The van der Waals surface area contributed by atoms with Gasteiger partial charge in [0.2, 0.25) is 0 Å². The Morgan fingerprint density at radius 3 is 2.25 bits per heavy atom. The molecule has 1 amide bonds. The molecule has 0 bridgehead atoms. The molecule has 0 radical (unpaired) electrons. The number of carboxylic acids is 1. The second-order valence-corrected chi connectivity index (χ2v) is 9.03. The third-order valence-electron chi connectivity index (χ3n) is 5.72. The van der Waals surface area contributed by atoms with E-state index in [9.17, 15) is 27.9 Å². The summed E-state index contributed by atoms with van der Waals surface area (Å²) in [6.07, 6.45) is -3.02. The summed E-state index contributed by atoms with van der Waals surface area (Å²) in [5.74, 6) is -0.804. The molecule has 0 unspecified atom stereocenters. The van der Waals surface area contributed by atoms with Crippen LogP contribution in [0.4, 0.5) is 13.2 Å². The molecule has 0 atom stereocenters. The van der Waals surface area contributed by atoms with Crippen molar-refractivity contribution >= 4 is 11.9 Å². The van der Waals surface area contributed by atoms with E-state index in [1.807, 2.05) is 19.1 Å². The van der Waals surface area contributed by atoms with Crippen LogP contribution in [0.15, 0.2) is 66.7 Å². The maximum atomic E-state index is 13.0. The summed E-state index contributed by atoms with van der Waals surface area (Å²) in [7, 11) is 0. The van der Waals surface area contributed by atoms with Crippen LogP contribution in [-0.4, -0.2) is 29.1 Å². The first kappa shape index (κ1) is 26.8. The predicted molar refractivity (Wildman–Crippen MR) is 131 cm³/mol. The van der Waals surface area contributed by atoms with Crippen LogP contribution in [0.25, 0.3) is 11.1 Å². The Morgan fingerprint density at radius 1 is 0.944 bits per heavy atom. The summed E-state index contributed by atoms with van der Waals surface area (Å²) in [6.45, 7) is 5.27. The Balaban J connectivity index is 1.52. The Morgan fingerprint density at radius 2 is 1.64 bits per heavy atom. The number of benzene rings is 3. The normalized spacial score (nSPS) is 11.7. The summed E-state index contributed by atoms with van der Waals surface area (Å²) in [5, 5.41) is 12.1. The number of halogens is 3. The quantitative estimate of drug-likeness (QED) is 0.340. The van der Waals surface area contributed by atoms with Crippen molar-refractivity contribution in [3.05, 3.63) is 89.0 Å². The highest BCUT2D eigenvalue weighted by Crippen LogP contribution is 2.32. The Kier molecular flexibility index (Phi) is 8.07. The van der Waals surface area contributed by atoms with Gasteiger partial charge < -0.3 is 15.2 Å². The molecule has 0 aliphatic carbocycles. The number of alkyl halides is 3. The zero-order valence-corrected chi connectivity index (χ0v) is 20.3. The van der Waals surface area contributed by atoms with E-state index in [2.05, 4.69) is 5.32 Å². The molecule has 0 spiro atoms. The first-order chi connectivity index (χ1) is 16.9. The number of aryl methyl sites for hydroxylation is 2. The second kappa shape index (κ2) is 10.8. The number of carbonyl (C=O) groups is 2. The Labute approximate surface area is 207 Å². The van der Waals surface area contributed by atoms with Gasteiger partial charge in [0, 0.05) is 12.1 Å². The fourth-order valence-corrected chi connectivity index (χ4v) is 3.59. The minimum Gasteiger partial charge on any atom is -0.478 e. The van der Waals surface area contributed by atoms with Crippen molar-refractivity contribution in [3.63, 3.8) is 0 Å². The second-order valence-electron chi connectivity index (χ2n) is 9.03. The molecule has 5 nitrogen and oxygen atoms in total. The van der Waals surface area contributed by atoms with E-state index >= 15 is 0 Å². The Bertz CT molecular complexity index is 1230. The van der Waals surface area contributed by atoms with Crippen LogP contribution in [0.5, 0.6) is 5.75 Å². The van der Waals surface area contributed by atoms with E-state index in [1.165, 1.54) is 19.9 Å². The molecule has 0 aliphatic rings. The molecule has 3 rings (SSSR count). The van der Waals surface area contributed by atoms with Crippen LogP contribution in [0.2, 0.25) is 0 Å². The lowest BCUT2D eigenvalue weighted by Crippen LogP contribution is -2.38. The lowest BCUT2D eigenvalue weighted by atomic mass is 10.0. The molecule has 3 aromatic carbocycles. The Hall–Kier alpha value is -3.81. The van der Waals surface area contributed by atoms with Gasteiger partial charge in [-0.3, -0.25) is 4.79 Å². The molecule has 0 aromatic heterocycles. The van der Waals surface area contributed by atoms with Crippen molar-refractivity contribution in [1.29, 1.82) is 0 Å². The number of hydrogen-bond acceptors (Lipinski definition) is 3. The van der Waals surface area contributed by atoms with Crippen molar-refractivity contribution < 1.29 is 32.6 Å². The third-order valence-corrected chi connectivity index (χ3v) is 5.72. The lowest BCUT2D eigenvalue weighted by molar-refractivity contribution is -0.152. The highest BCUT2D eigenvalue weighted by Gasteiger charge is 2.31. The van der Waals surface area contributed by atoms with Gasteiger partial charge >= 0.3 is 12.1 Å². The number of aliphatic carboxylic acids is 1. The van der Waals surface area contributed by atoms with E-state index in [-0.39, 0.29) is 5.91 Å². The van der Waals surface area contributed by atoms with Gasteiger partial charge in [0.05, 0.1) is 5.56 Å². The number of carboxylic acid groups (broad SMARTS) is 1. The summed E-state index contributed by atoms with van der Waals surface area (Å²) in [5.41, 5.74) is 1.25. The van der Waals surface area contributed by atoms with Gasteiger partial charge in [-0.05, 0) is 86.2 Å². The van der Waals surface area contributed by atoms with Crippen LogP contribution in [0, 0.1) is 6.92 Å². The third kappa shape index (κ3) is 6.87. The minimum atomic E-state index is -4.42. The fourth-order valence-electron chi connectivity index (χ4n) is 3.59. The highest BCUT2D eigenvalue weighted by atomic mass is 19.4. The standard InChI is InChI=1S/C28H28F3NO4/c1-18-16-19(9-14-24(18)36-27(2,3)26(34)35)6-5-15-32-25(33)21-12-10-20(11-13-21)22-7-4-8-23(17-22)28(29,30)31/h4,7-14,16-17H,5-6,15H2,1-3H3,(H,32,33)(H,34,35). The summed E-state index contributed by atoms with van der Waals surface area (Å²) in [4.78, 5) is 23.7. The van der Waals surface area contributed by atoms with Crippen molar-refractivity contribution in [2.75, 3.05) is 6.54 Å². The number of nitrogens with one attached hydrogen (secondary N) is 1. The average Bonchev–Trinajstić information content (AvgIpc) is 2.83. The van der Waals surface area contributed by atoms with Gasteiger partial charge in [-0.15, -0.1) is 0 Å². The van der Waals surface area contributed by atoms with E-state index in [4.69, 9.17) is 4.74 Å². The fraction of sp³-hybridized carbons (Fsp3) is 0.286. The van der Waals surface area contributed by atoms with Crippen LogP contribution in [0.1, 0.15) is 47.3 Å². The van der Waals surface area contributed by atoms with Crippen LogP contribution in [-0.2, 0) is 17.4 Å². The predicted octanol–water partition coefficient (Wildman–Crippen LogP) is 6.29. The van der Waals surface area contributed by atoms with Crippen molar-refractivity contribution in [2.45, 2.75) is 45.4 Å². The average molecular weight is 500 g/mol. The molecule has 0 saturated heterocycles. The monoisotopic (exact) mass is 499 g/mol.